The maximum Gasteiger partial charge on any atom is 0.286 e. The predicted molar refractivity (Wildman–Crippen MR) is 95.5 cm³/mol. The number of H-pyrrole nitrogens is 1. The van der Waals surface area contributed by atoms with Gasteiger partial charge in [0.15, 0.2) is 0 Å². The molecule has 1 aliphatic rings. The summed E-state index contributed by atoms with van der Waals surface area (Å²) in [6.45, 7) is 3.04. The number of nitrogens with zero attached hydrogens (tertiary/aromatic N) is 2. The van der Waals surface area contributed by atoms with E-state index in [0.717, 1.165) is 30.2 Å². The van der Waals surface area contributed by atoms with Crippen LogP contribution in [0.2, 0.25) is 0 Å². The van der Waals surface area contributed by atoms with Gasteiger partial charge >= 0.3 is 0 Å². The fraction of sp³-hybridized carbons (Fsp3) is 0.375. The van der Waals surface area contributed by atoms with Gasteiger partial charge in [-0.25, -0.2) is 0 Å². The molecule has 3 rings (SSSR count). The first-order chi connectivity index (χ1) is 12.6. The molecule has 0 unspecified atom stereocenters. The van der Waals surface area contributed by atoms with E-state index < -0.39 is 16.4 Å². The van der Waals surface area contributed by atoms with E-state index in [1.165, 1.54) is 0 Å². The van der Waals surface area contributed by atoms with Gasteiger partial charge in [0.2, 0.25) is 0 Å². The van der Waals surface area contributed by atoms with Gasteiger partial charge in [0.05, 0.1) is 30.4 Å². The first kappa shape index (κ1) is 18.2. The van der Waals surface area contributed by atoms with Crippen molar-refractivity contribution in [3.8, 4) is 0 Å². The summed E-state index contributed by atoms with van der Waals surface area (Å²) in [5.74, 6) is -0.634. The summed E-state index contributed by atoms with van der Waals surface area (Å²) in [5, 5.41) is 15.6. The van der Waals surface area contributed by atoms with E-state index in [0.29, 0.717) is 19.8 Å². The highest BCUT2D eigenvalue weighted by atomic mass is 32.1. The van der Waals surface area contributed by atoms with Gasteiger partial charge in [0.25, 0.3) is 17.2 Å². The van der Waals surface area contributed by atoms with Crippen LogP contribution in [0, 0.1) is 10.1 Å². The molecule has 138 valence electrons. The Hall–Kier alpha value is -2.56. The number of rotatable bonds is 6. The fourth-order valence-electron chi connectivity index (χ4n) is 2.81. The van der Waals surface area contributed by atoms with E-state index in [2.05, 4.69) is 15.2 Å². The summed E-state index contributed by atoms with van der Waals surface area (Å²) in [7, 11) is 0. The zero-order valence-corrected chi connectivity index (χ0v) is 14.7. The highest BCUT2D eigenvalue weighted by Crippen LogP contribution is 2.25. The van der Waals surface area contributed by atoms with Crippen molar-refractivity contribution >= 4 is 22.9 Å². The zero-order chi connectivity index (χ0) is 18.5. The quantitative estimate of drug-likeness (QED) is 0.575. The Labute approximate surface area is 152 Å². The van der Waals surface area contributed by atoms with Gasteiger partial charge in [0.1, 0.15) is 5.56 Å². The number of carbonyl (C=O) groups is 1. The van der Waals surface area contributed by atoms with Gasteiger partial charge in [0, 0.05) is 30.6 Å². The molecule has 26 heavy (non-hydrogen) atoms. The molecule has 10 heteroatoms. The Morgan fingerprint density at radius 2 is 2.23 bits per heavy atom. The van der Waals surface area contributed by atoms with E-state index in [1.54, 1.807) is 11.3 Å². The van der Waals surface area contributed by atoms with E-state index in [9.17, 15) is 19.7 Å². The summed E-state index contributed by atoms with van der Waals surface area (Å²) in [4.78, 5) is 40.0. The highest BCUT2D eigenvalue weighted by molar-refractivity contribution is 7.10. The Balaban J connectivity index is 1.74. The van der Waals surface area contributed by atoms with Crippen LogP contribution in [0.4, 0.5) is 5.69 Å². The van der Waals surface area contributed by atoms with Crippen molar-refractivity contribution in [3.05, 3.63) is 60.7 Å². The monoisotopic (exact) mass is 378 g/mol. The zero-order valence-electron chi connectivity index (χ0n) is 13.8. The number of hydrogen-bond donors (Lipinski definition) is 2. The third kappa shape index (κ3) is 4.15. The normalized spacial score (nSPS) is 16.2. The molecular formula is C16H18N4O5S. The molecule has 1 aliphatic heterocycles. The van der Waals surface area contributed by atoms with E-state index in [4.69, 9.17) is 4.74 Å². The topological polar surface area (TPSA) is 118 Å². The third-order valence-electron chi connectivity index (χ3n) is 4.16. The van der Waals surface area contributed by atoms with Crippen LogP contribution in [-0.4, -0.2) is 53.6 Å². The molecule has 1 fully saturated rings. The molecule has 0 aliphatic carbocycles. The van der Waals surface area contributed by atoms with Crippen LogP contribution in [0.1, 0.15) is 21.3 Å². The number of thiophene rings is 1. The van der Waals surface area contributed by atoms with Gasteiger partial charge in [-0.05, 0) is 11.4 Å². The second-order valence-corrected chi connectivity index (χ2v) is 6.73. The van der Waals surface area contributed by atoms with Gasteiger partial charge in [-0.15, -0.1) is 11.3 Å². The molecule has 2 N–H and O–H groups in total. The number of morpholine rings is 1. The SMILES string of the molecule is O=C(NC[C@@H](c1cccs1)N1CCOCC1)c1cc([N+](=O)[O-])c[nH]c1=O. The third-order valence-corrected chi connectivity index (χ3v) is 5.13. The lowest BCUT2D eigenvalue weighted by molar-refractivity contribution is -0.385. The standard InChI is InChI=1S/C16H18N4O5S/c21-15-12(8-11(9-17-15)20(23)24)16(22)18-10-13(14-2-1-7-26-14)19-3-5-25-6-4-19/h1-2,7-9,13H,3-6,10H2,(H,17,21)(H,18,22)/t13-/m0/s1. The second kappa shape index (κ2) is 8.21. The first-order valence-corrected chi connectivity index (χ1v) is 8.95. The Morgan fingerprint density at radius 1 is 1.46 bits per heavy atom. The Bertz CT molecular complexity index is 829. The summed E-state index contributed by atoms with van der Waals surface area (Å²) in [5.41, 5.74) is -1.27. The smallest absolute Gasteiger partial charge is 0.286 e. The number of nitro groups is 1. The summed E-state index contributed by atoms with van der Waals surface area (Å²) in [6, 6.07) is 4.89. The summed E-state index contributed by atoms with van der Waals surface area (Å²) >= 11 is 1.59. The van der Waals surface area contributed by atoms with Gasteiger partial charge in [-0.3, -0.25) is 24.6 Å². The number of ether oxygens (including phenoxy) is 1. The lowest BCUT2D eigenvalue weighted by Gasteiger charge is -2.34. The number of amides is 1. The average molecular weight is 378 g/mol. The van der Waals surface area contributed by atoms with E-state index in [1.807, 2.05) is 17.5 Å². The molecule has 1 atom stereocenters. The Morgan fingerprint density at radius 3 is 2.88 bits per heavy atom. The maximum atomic E-state index is 12.4. The predicted octanol–water partition coefficient (Wildman–Crippen LogP) is 1.15. The molecule has 9 nitrogen and oxygen atoms in total. The molecule has 3 heterocycles. The van der Waals surface area contributed by atoms with Crippen LogP contribution >= 0.6 is 11.3 Å². The number of pyridine rings is 1. The molecule has 0 bridgehead atoms. The van der Waals surface area contributed by atoms with Crippen LogP contribution in [0.25, 0.3) is 0 Å². The van der Waals surface area contributed by atoms with Crippen LogP contribution in [0.5, 0.6) is 0 Å². The number of hydrogen-bond acceptors (Lipinski definition) is 7. The lowest BCUT2D eigenvalue weighted by Crippen LogP contribution is -2.44. The lowest BCUT2D eigenvalue weighted by atomic mass is 10.1. The molecular weight excluding hydrogens is 360 g/mol. The molecule has 2 aromatic heterocycles. The van der Waals surface area contributed by atoms with Crippen molar-refractivity contribution in [3.63, 3.8) is 0 Å². The minimum absolute atomic E-state index is 0.0411. The molecule has 0 aromatic carbocycles. The molecule has 1 saturated heterocycles. The van der Waals surface area contributed by atoms with Gasteiger partial charge in [-0.1, -0.05) is 6.07 Å². The number of aromatic amines is 1. The van der Waals surface area contributed by atoms with Crippen LogP contribution in [-0.2, 0) is 4.74 Å². The number of carbonyl (C=O) groups excluding carboxylic acids is 1. The van der Waals surface area contributed by atoms with E-state index >= 15 is 0 Å². The van der Waals surface area contributed by atoms with Gasteiger partial charge in [-0.2, -0.15) is 0 Å². The van der Waals surface area contributed by atoms with Crippen LogP contribution in [0.3, 0.4) is 0 Å². The molecule has 2 aromatic rings. The maximum absolute atomic E-state index is 12.4. The van der Waals surface area contributed by atoms with Crippen molar-refractivity contribution < 1.29 is 14.5 Å². The second-order valence-electron chi connectivity index (χ2n) is 5.75. The van der Waals surface area contributed by atoms with Gasteiger partial charge < -0.3 is 15.0 Å². The van der Waals surface area contributed by atoms with Crippen molar-refractivity contribution in [1.29, 1.82) is 0 Å². The average Bonchev–Trinajstić information content (AvgIpc) is 3.17. The largest absolute Gasteiger partial charge is 0.379 e. The fourth-order valence-corrected chi connectivity index (χ4v) is 3.67. The molecule has 0 spiro atoms. The minimum atomic E-state index is -0.660. The highest BCUT2D eigenvalue weighted by Gasteiger charge is 2.25. The first-order valence-electron chi connectivity index (χ1n) is 8.07. The van der Waals surface area contributed by atoms with E-state index in [-0.39, 0.29) is 17.3 Å². The molecule has 1 amide bonds. The molecule has 0 radical (unpaired) electrons. The van der Waals surface area contributed by atoms with Crippen molar-refractivity contribution in [2.24, 2.45) is 0 Å². The number of nitrogens with one attached hydrogen (secondary N) is 2. The van der Waals surface area contributed by atoms with Crippen molar-refractivity contribution in [2.75, 3.05) is 32.8 Å². The summed E-state index contributed by atoms with van der Waals surface area (Å²) in [6.07, 6.45) is 0.974. The Kier molecular flexibility index (Phi) is 5.76. The minimum Gasteiger partial charge on any atom is -0.379 e. The number of aromatic nitrogens is 1. The van der Waals surface area contributed by atoms with Crippen molar-refractivity contribution in [2.45, 2.75) is 6.04 Å². The van der Waals surface area contributed by atoms with Crippen LogP contribution in [0.15, 0.2) is 34.6 Å². The molecule has 0 saturated carbocycles. The van der Waals surface area contributed by atoms with Crippen LogP contribution < -0.4 is 10.9 Å². The van der Waals surface area contributed by atoms with Crippen molar-refractivity contribution in [1.82, 2.24) is 15.2 Å². The summed E-state index contributed by atoms with van der Waals surface area (Å²) < 4.78 is 5.38.